The lowest BCUT2D eigenvalue weighted by Crippen LogP contribution is -2.33. The molecular formula is C21H16ClN3O3. The molecule has 2 aromatic carbocycles. The van der Waals surface area contributed by atoms with Crippen molar-refractivity contribution < 1.29 is 14.9 Å². The van der Waals surface area contributed by atoms with E-state index in [0.29, 0.717) is 22.7 Å². The van der Waals surface area contributed by atoms with Crippen LogP contribution in [-0.2, 0) is 0 Å². The summed E-state index contributed by atoms with van der Waals surface area (Å²) in [7, 11) is 0. The Bertz CT molecular complexity index is 1090. The maximum Gasteiger partial charge on any atom is 0.213 e. The minimum absolute atomic E-state index is 0.0732. The zero-order valence-electron chi connectivity index (χ0n) is 14.7. The van der Waals surface area contributed by atoms with Gasteiger partial charge >= 0.3 is 0 Å². The van der Waals surface area contributed by atoms with Crippen LogP contribution >= 0.6 is 11.6 Å². The topological polar surface area (TPSA) is 78.2 Å². The molecule has 0 saturated carbocycles. The molecule has 3 heterocycles. The highest BCUT2D eigenvalue weighted by atomic mass is 35.5. The number of halogens is 1. The molecule has 0 radical (unpaired) electrons. The molecule has 5 rings (SSSR count). The summed E-state index contributed by atoms with van der Waals surface area (Å²) in [5.41, 5.74) is 3.04. The summed E-state index contributed by atoms with van der Waals surface area (Å²) in [5.74, 6) is 0.902. The molecule has 1 aromatic heterocycles. The third-order valence-electron chi connectivity index (χ3n) is 5.03. The van der Waals surface area contributed by atoms with E-state index in [1.807, 2.05) is 29.3 Å². The number of benzene rings is 2. The van der Waals surface area contributed by atoms with Crippen LogP contribution in [0.15, 0.2) is 66.0 Å². The number of pyridine rings is 1. The molecular weight excluding hydrogens is 378 g/mol. The van der Waals surface area contributed by atoms with Crippen LogP contribution in [-0.4, -0.2) is 25.9 Å². The highest BCUT2D eigenvalue weighted by Crippen LogP contribution is 2.48. The first kappa shape index (κ1) is 16.9. The van der Waals surface area contributed by atoms with E-state index in [-0.39, 0.29) is 17.5 Å². The number of nitrogens with zero attached hydrogens (tertiary/aromatic N) is 3. The third-order valence-corrected chi connectivity index (χ3v) is 5.27. The first-order valence-electron chi connectivity index (χ1n) is 8.84. The lowest BCUT2D eigenvalue weighted by atomic mass is 9.95. The predicted molar refractivity (Wildman–Crippen MR) is 105 cm³/mol. The Balaban J connectivity index is 1.63. The Hall–Kier alpha value is -3.25. The van der Waals surface area contributed by atoms with Crippen molar-refractivity contribution >= 4 is 17.3 Å². The highest BCUT2D eigenvalue weighted by Gasteiger charge is 2.41. The molecule has 0 bridgehead atoms. The number of fused-ring (bicyclic) bond motifs is 3. The predicted octanol–water partition coefficient (Wildman–Crippen LogP) is 4.39. The van der Waals surface area contributed by atoms with Crippen LogP contribution in [0.2, 0.25) is 5.02 Å². The summed E-state index contributed by atoms with van der Waals surface area (Å²) >= 11 is 6.23. The van der Waals surface area contributed by atoms with Gasteiger partial charge in [0.1, 0.15) is 17.2 Å². The van der Waals surface area contributed by atoms with Crippen LogP contribution in [0.5, 0.6) is 17.2 Å². The molecule has 0 amide bonds. The first-order valence-corrected chi connectivity index (χ1v) is 9.22. The summed E-state index contributed by atoms with van der Waals surface area (Å²) in [6, 6.07) is 13.7. The van der Waals surface area contributed by atoms with Gasteiger partial charge in [-0.2, -0.15) is 5.10 Å². The second kappa shape index (κ2) is 6.42. The number of aromatic hydroxyl groups is 2. The van der Waals surface area contributed by atoms with Gasteiger partial charge in [-0.1, -0.05) is 11.6 Å². The van der Waals surface area contributed by atoms with Crippen LogP contribution in [0.1, 0.15) is 35.4 Å². The van der Waals surface area contributed by atoms with Crippen LogP contribution in [0.3, 0.4) is 0 Å². The largest absolute Gasteiger partial charge is 0.508 e. The monoisotopic (exact) mass is 393 g/mol. The summed E-state index contributed by atoms with van der Waals surface area (Å²) < 4.78 is 6.25. The van der Waals surface area contributed by atoms with E-state index >= 15 is 0 Å². The van der Waals surface area contributed by atoms with Gasteiger partial charge in [-0.15, -0.1) is 0 Å². The zero-order valence-corrected chi connectivity index (χ0v) is 15.4. The van der Waals surface area contributed by atoms with E-state index < -0.39 is 6.23 Å². The van der Waals surface area contributed by atoms with Crippen molar-refractivity contribution in [2.75, 3.05) is 0 Å². The number of hydrogen-bond acceptors (Lipinski definition) is 6. The molecule has 2 aliphatic rings. The summed E-state index contributed by atoms with van der Waals surface area (Å²) in [4.78, 5) is 4.08. The molecule has 0 aliphatic carbocycles. The van der Waals surface area contributed by atoms with Gasteiger partial charge in [-0.25, -0.2) is 5.01 Å². The molecule has 140 valence electrons. The summed E-state index contributed by atoms with van der Waals surface area (Å²) in [6.07, 6.45) is 3.55. The fourth-order valence-electron chi connectivity index (χ4n) is 3.72. The number of aromatic nitrogens is 1. The van der Waals surface area contributed by atoms with Crippen molar-refractivity contribution in [2.45, 2.75) is 18.7 Å². The van der Waals surface area contributed by atoms with Gasteiger partial charge in [0.2, 0.25) is 6.23 Å². The quantitative estimate of drug-likeness (QED) is 0.631. The van der Waals surface area contributed by atoms with Gasteiger partial charge in [0.05, 0.1) is 11.8 Å². The maximum atomic E-state index is 10.3. The Labute approximate surface area is 166 Å². The number of phenols is 2. The van der Waals surface area contributed by atoms with E-state index in [1.165, 1.54) is 18.2 Å². The van der Waals surface area contributed by atoms with Gasteiger partial charge in [-0.05, 0) is 48.5 Å². The van der Waals surface area contributed by atoms with Crippen molar-refractivity contribution in [3.8, 4) is 17.2 Å². The smallest absolute Gasteiger partial charge is 0.213 e. The standard InChI is InChI=1S/C21H16ClN3O3/c22-13-1-4-20-16(9-13)18-11-17(15-10-14(26)2-3-19(15)27)24-25(18)21(28-20)12-5-7-23-8-6-12/h1-10,18,21,26-27H,11H2/t18-,21+/m1/s1. The molecule has 0 saturated heterocycles. The number of hydrazone groups is 1. The van der Waals surface area contributed by atoms with E-state index in [4.69, 9.17) is 21.4 Å². The summed E-state index contributed by atoms with van der Waals surface area (Å²) in [6.45, 7) is 0. The Kier molecular flexibility index (Phi) is 3.87. The Morgan fingerprint density at radius 3 is 2.68 bits per heavy atom. The number of rotatable bonds is 2. The van der Waals surface area contributed by atoms with Crippen LogP contribution in [0.25, 0.3) is 0 Å². The molecule has 0 fully saturated rings. The molecule has 2 N–H and O–H groups in total. The van der Waals surface area contributed by atoms with Crippen molar-refractivity contribution in [1.29, 1.82) is 0 Å². The van der Waals surface area contributed by atoms with Gasteiger partial charge in [0, 0.05) is 40.5 Å². The van der Waals surface area contributed by atoms with Crippen molar-refractivity contribution in [1.82, 2.24) is 9.99 Å². The third kappa shape index (κ3) is 2.73. The summed E-state index contributed by atoms with van der Waals surface area (Å²) in [5, 5.41) is 27.4. The lowest BCUT2D eigenvalue weighted by molar-refractivity contribution is -0.0190. The van der Waals surface area contributed by atoms with Gasteiger partial charge < -0.3 is 14.9 Å². The Morgan fingerprint density at radius 1 is 1.04 bits per heavy atom. The van der Waals surface area contributed by atoms with E-state index in [1.54, 1.807) is 18.5 Å². The fourth-order valence-corrected chi connectivity index (χ4v) is 3.90. The average Bonchev–Trinajstić information content (AvgIpc) is 3.15. The normalized spacial score (nSPS) is 20.2. The molecule has 28 heavy (non-hydrogen) atoms. The fraction of sp³-hybridized carbons (Fsp3) is 0.143. The lowest BCUT2D eigenvalue weighted by Gasteiger charge is -2.38. The average molecular weight is 394 g/mol. The molecule has 3 aromatic rings. The van der Waals surface area contributed by atoms with E-state index in [2.05, 4.69) is 4.98 Å². The molecule has 6 nitrogen and oxygen atoms in total. The van der Waals surface area contributed by atoms with Crippen molar-refractivity contribution in [2.24, 2.45) is 5.10 Å². The molecule has 0 unspecified atom stereocenters. The minimum Gasteiger partial charge on any atom is -0.508 e. The minimum atomic E-state index is -0.432. The van der Waals surface area contributed by atoms with Gasteiger partial charge in [0.25, 0.3) is 0 Å². The van der Waals surface area contributed by atoms with Gasteiger partial charge in [0.15, 0.2) is 0 Å². The SMILES string of the molecule is Oc1ccc(O)c(C2=NN3[C@H](C2)c2cc(Cl)ccc2O[C@H]3c2ccncc2)c1. The number of phenolic OH excluding ortho intramolecular Hbond substituents is 2. The van der Waals surface area contributed by atoms with Crippen molar-refractivity contribution in [3.05, 3.63) is 82.6 Å². The molecule has 7 heteroatoms. The number of hydrogen-bond donors (Lipinski definition) is 2. The zero-order chi connectivity index (χ0) is 19.3. The van der Waals surface area contributed by atoms with Gasteiger partial charge in [-0.3, -0.25) is 4.98 Å². The van der Waals surface area contributed by atoms with Crippen LogP contribution in [0.4, 0.5) is 0 Å². The Morgan fingerprint density at radius 2 is 1.86 bits per heavy atom. The maximum absolute atomic E-state index is 10.3. The molecule has 2 atom stereocenters. The van der Waals surface area contributed by atoms with E-state index in [0.717, 1.165) is 16.9 Å². The highest BCUT2D eigenvalue weighted by molar-refractivity contribution is 6.30. The molecule has 0 spiro atoms. The van der Waals surface area contributed by atoms with Crippen LogP contribution < -0.4 is 4.74 Å². The van der Waals surface area contributed by atoms with E-state index in [9.17, 15) is 10.2 Å². The number of ether oxygens (including phenoxy) is 1. The van der Waals surface area contributed by atoms with Crippen molar-refractivity contribution in [3.63, 3.8) is 0 Å². The second-order valence-electron chi connectivity index (χ2n) is 6.78. The molecule has 2 aliphatic heterocycles. The first-order chi connectivity index (χ1) is 13.6. The second-order valence-corrected chi connectivity index (χ2v) is 7.22. The van der Waals surface area contributed by atoms with Crippen LogP contribution in [0, 0.1) is 0 Å².